The number of nitrogens with one attached hydrogen (secondary N) is 1. The number of aromatic nitrogens is 2. The van der Waals surface area contributed by atoms with E-state index in [2.05, 4.69) is 15.4 Å². The number of fused-ring (bicyclic) bond motifs is 1. The van der Waals surface area contributed by atoms with Crippen LogP contribution in [0.25, 0.3) is 0 Å². The van der Waals surface area contributed by atoms with Crippen molar-refractivity contribution in [1.82, 2.24) is 24.9 Å². The number of urea groups is 1. The Hall–Kier alpha value is -2.38. The van der Waals surface area contributed by atoms with Gasteiger partial charge in [0.2, 0.25) is 5.96 Å². The van der Waals surface area contributed by atoms with E-state index in [1.807, 2.05) is 38.7 Å². The van der Waals surface area contributed by atoms with Gasteiger partial charge in [0.15, 0.2) is 12.2 Å². The van der Waals surface area contributed by atoms with Crippen molar-refractivity contribution in [1.29, 1.82) is 0 Å². The molecule has 1 N–H and O–H groups in total. The van der Waals surface area contributed by atoms with Crippen LogP contribution in [-0.2, 0) is 4.79 Å². The van der Waals surface area contributed by atoms with Gasteiger partial charge in [0, 0.05) is 18.8 Å². The Balaban J connectivity index is 2.10. The standard InChI is InChI=1S/C14H20N6O2/c1-7(2)19-10-11(18(5)14(22)16-12(10)21)15-13(19)20-9(4)6-8(3)17-20/h6-7,10-11H,1-5H3,(H,16,21,22). The number of aliphatic imine (C=N–C) groups is 1. The summed E-state index contributed by atoms with van der Waals surface area (Å²) in [6.07, 6.45) is -0.525. The average molecular weight is 304 g/mol. The molecule has 8 heteroatoms. The fraction of sp³-hybridized carbons (Fsp3) is 0.571. The quantitative estimate of drug-likeness (QED) is 0.809. The smallest absolute Gasteiger partial charge is 0.323 e. The van der Waals surface area contributed by atoms with Gasteiger partial charge < -0.3 is 9.80 Å². The van der Waals surface area contributed by atoms with Gasteiger partial charge >= 0.3 is 6.03 Å². The van der Waals surface area contributed by atoms with Gasteiger partial charge in [-0.05, 0) is 33.8 Å². The van der Waals surface area contributed by atoms with Crippen LogP contribution in [-0.4, -0.2) is 62.8 Å². The van der Waals surface area contributed by atoms with Gasteiger partial charge in [-0.2, -0.15) is 5.10 Å². The van der Waals surface area contributed by atoms with E-state index in [4.69, 9.17) is 0 Å². The fourth-order valence-electron chi connectivity index (χ4n) is 3.02. The summed E-state index contributed by atoms with van der Waals surface area (Å²) in [6.45, 7) is 7.84. The first-order valence-electron chi connectivity index (χ1n) is 7.28. The second-order valence-electron chi connectivity index (χ2n) is 6.03. The molecule has 0 saturated carbocycles. The van der Waals surface area contributed by atoms with E-state index >= 15 is 0 Å². The minimum atomic E-state index is -0.526. The maximum absolute atomic E-state index is 12.3. The van der Waals surface area contributed by atoms with Gasteiger partial charge in [-0.3, -0.25) is 10.1 Å². The molecule has 118 valence electrons. The molecule has 0 aliphatic carbocycles. The van der Waals surface area contributed by atoms with Crippen molar-refractivity contribution in [3.63, 3.8) is 0 Å². The minimum absolute atomic E-state index is 0.0463. The molecule has 0 bridgehead atoms. The number of carbonyl (C=O) groups is 2. The van der Waals surface area contributed by atoms with Crippen LogP contribution in [0.2, 0.25) is 0 Å². The molecular formula is C14H20N6O2. The normalized spacial score (nSPS) is 24.7. The number of amides is 3. The number of hydrogen-bond donors (Lipinski definition) is 1. The van der Waals surface area contributed by atoms with Crippen LogP contribution in [0.1, 0.15) is 25.2 Å². The summed E-state index contributed by atoms with van der Waals surface area (Å²) in [4.78, 5) is 32.1. The van der Waals surface area contributed by atoms with Crippen molar-refractivity contribution in [3.8, 4) is 0 Å². The highest BCUT2D eigenvalue weighted by molar-refractivity contribution is 6.04. The van der Waals surface area contributed by atoms with E-state index in [1.165, 1.54) is 4.90 Å². The van der Waals surface area contributed by atoms with Crippen molar-refractivity contribution in [2.24, 2.45) is 4.99 Å². The summed E-state index contributed by atoms with van der Waals surface area (Å²) in [5.74, 6) is 0.286. The molecule has 3 heterocycles. The molecule has 2 aliphatic heterocycles. The summed E-state index contributed by atoms with van der Waals surface area (Å²) >= 11 is 0. The molecule has 1 aromatic heterocycles. The highest BCUT2D eigenvalue weighted by atomic mass is 16.2. The first-order chi connectivity index (χ1) is 10.3. The van der Waals surface area contributed by atoms with Gasteiger partial charge in [-0.25, -0.2) is 14.5 Å². The Kier molecular flexibility index (Phi) is 3.19. The predicted molar refractivity (Wildman–Crippen MR) is 80.4 cm³/mol. The molecule has 22 heavy (non-hydrogen) atoms. The molecule has 1 fully saturated rings. The second-order valence-corrected chi connectivity index (χ2v) is 6.03. The van der Waals surface area contributed by atoms with Crippen molar-refractivity contribution in [2.75, 3.05) is 7.05 Å². The molecular weight excluding hydrogens is 284 g/mol. The van der Waals surface area contributed by atoms with Crippen LogP contribution in [0.15, 0.2) is 11.1 Å². The van der Waals surface area contributed by atoms with E-state index in [-0.39, 0.29) is 11.9 Å². The lowest BCUT2D eigenvalue weighted by Gasteiger charge is -2.37. The topological polar surface area (TPSA) is 82.8 Å². The zero-order valence-electron chi connectivity index (χ0n) is 13.4. The Bertz CT molecular complexity index is 677. The molecule has 3 rings (SSSR count). The van der Waals surface area contributed by atoms with Crippen LogP contribution in [0, 0.1) is 13.8 Å². The third-order valence-electron chi connectivity index (χ3n) is 4.03. The molecule has 0 aromatic carbocycles. The van der Waals surface area contributed by atoms with E-state index < -0.39 is 18.2 Å². The van der Waals surface area contributed by atoms with E-state index in [1.54, 1.807) is 11.7 Å². The number of aryl methyl sites for hydroxylation is 2. The summed E-state index contributed by atoms with van der Waals surface area (Å²) in [5.41, 5.74) is 1.82. The fourth-order valence-corrected chi connectivity index (χ4v) is 3.02. The number of rotatable bonds is 1. The Morgan fingerprint density at radius 3 is 2.50 bits per heavy atom. The molecule has 0 spiro atoms. The maximum Gasteiger partial charge on any atom is 0.325 e. The third-order valence-corrected chi connectivity index (χ3v) is 4.03. The largest absolute Gasteiger partial charge is 0.325 e. The van der Waals surface area contributed by atoms with Crippen LogP contribution in [0.5, 0.6) is 0 Å². The number of likely N-dealkylation sites (N-methyl/N-ethyl adjacent to an activating group) is 1. The molecule has 2 unspecified atom stereocenters. The van der Waals surface area contributed by atoms with Gasteiger partial charge in [-0.1, -0.05) is 0 Å². The molecule has 1 saturated heterocycles. The number of nitrogens with zero attached hydrogens (tertiary/aromatic N) is 5. The molecule has 1 aromatic rings. The summed E-state index contributed by atoms with van der Waals surface area (Å²) in [6, 6.07) is 1.05. The predicted octanol–water partition coefficient (Wildman–Crippen LogP) is 0.304. The van der Waals surface area contributed by atoms with Gasteiger partial charge in [0.1, 0.15) is 0 Å². The Morgan fingerprint density at radius 1 is 1.27 bits per heavy atom. The summed E-state index contributed by atoms with van der Waals surface area (Å²) in [5, 5.41) is 6.84. The maximum atomic E-state index is 12.3. The molecule has 2 aliphatic rings. The Morgan fingerprint density at radius 2 is 1.95 bits per heavy atom. The van der Waals surface area contributed by atoms with E-state index in [0.29, 0.717) is 5.96 Å². The van der Waals surface area contributed by atoms with Gasteiger partial charge in [0.25, 0.3) is 5.91 Å². The van der Waals surface area contributed by atoms with Crippen LogP contribution in [0.4, 0.5) is 4.79 Å². The van der Waals surface area contributed by atoms with Crippen LogP contribution < -0.4 is 5.32 Å². The molecule has 3 amide bonds. The lowest BCUT2D eigenvalue weighted by molar-refractivity contribution is -0.127. The van der Waals surface area contributed by atoms with Crippen LogP contribution >= 0.6 is 0 Å². The number of hydrogen-bond acceptors (Lipinski definition) is 5. The monoisotopic (exact) mass is 304 g/mol. The highest BCUT2D eigenvalue weighted by Gasteiger charge is 2.50. The summed E-state index contributed by atoms with van der Waals surface area (Å²) < 4.78 is 1.74. The SMILES string of the molecule is Cc1cc(C)n(C2=NC3C(C(=O)NC(=O)N3C)N2C(C)C)n1. The van der Waals surface area contributed by atoms with Gasteiger partial charge in [0.05, 0.1) is 5.69 Å². The van der Waals surface area contributed by atoms with Crippen LogP contribution in [0.3, 0.4) is 0 Å². The van der Waals surface area contributed by atoms with Crippen molar-refractivity contribution in [2.45, 2.75) is 45.9 Å². The Labute approximate surface area is 128 Å². The second kappa shape index (κ2) is 4.82. The van der Waals surface area contributed by atoms with Crippen molar-refractivity contribution in [3.05, 3.63) is 17.5 Å². The highest BCUT2D eigenvalue weighted by Crippen LogP contribution is 2.27. The van der Waals surface area contributed by atoms with Crippen molar-refractivity contribution < 1.29 is 9.59 Å². The minimum Gasteiger partial charge on any atom is -0.323 e. The zero-order valence-corrected chi connectivity index (χ0v) is 13.4. The first kappa shape index (κ1) is 14.6. The zero-order chi connectivity index (χ0) is 16.2. The van der Waals surface area contributed by atoms with E-state index in [0.717, 1.165) is 11.4 Å². The molecule has 2 atom stereocenters. The van der Waals surface area contributed by atoms with Crippen molar-refractivity contribution >= 4 is 17.9 Å². The number of imide groups is 1. The lowest BCUT2D eigenvalue weighted by Crippen LogP contribution is -2.64. The van der Waals surface area contributed by atoms with Gasteiger partial charge in [-0.15, -0.1) is 0 Å². The third kappa shape index (κ3) is 1.98. The lowest BCUT2D eigenvalue weighted by atomic mass is 10.1. The molecule has 0 radical (unpaired) electrons. The number of carbonyl (C=O) groups excluding carboxylic acids is 2. The summed E-state index contributed by atoms with van der Waals surface area (Å²) in [7, 11) is 1.64. The average Bonchev–Trinajstić information content (AvgIpc) is 2.96. The first-order valence-corrected chi connectivity index (χ1v) is 7.28. The molecule has 8 nitrogen and oxygen atoms in total. The van der Waals surface area contributed by atoms with E-state index in [9.17, 15) is 9.59 Å².